The Labute approximate surface area is 263 Å². The quantitative estimate of drug-likeness (QED) is 0.296. The van der Waals surface area contributed by atoms with Crippen LogP contribution in [0.15, 0.2) is 30.3 Å². The highest BCUT2D eigenvalue weighted by Crippen LogP contribution is 2.68. The van der Waals surface area contributed by atoms with Crippen LogP contribution in [-0.2, 0) is 30.5 Å². The summed E-state index contributed by atoms with van der Waals surface area (Å²) < 4.78 is 11.4. The molecule has 4 fully saturated rings. The van der Waals surface area contributed by atoms with Crippen LogP contribution in [0.4, 0.5) is 0 Å². The second kappa shape index (κ2) is 13.9. The van der Waals surface area contributed by atoms with Crippen LogP contribution in [0.2, 0.25) is 0 Å². The van der Waals surface area contributed by atoms with Gasteiger partial charge in [-0.2, -0.15) is 0 Å². The number of benzene rings is 1. The number of aliphatic hydroxyl groups excluding tert-OH is 1. The third-order valence-corrected chi connectivity index (χ3v) is 12.7. The number of ether oxygens (including phenoxy) is 2. The molecule has 1 aromatic rings. The summed E-state index contributed by atoms with van der Waals surface area (Å²) in [5.74, 6) is 2.87. The normalized spacial score (nSPS) is 35.8. The van der Waals surface area contributed by atoms with Crippen LogP contribution in [0.5, 0.6) is 0 Å². The van der Waals surface area contributed by atoms with Crippen LogP contribution in [0.25, 0.3) is 0 Å². The summed E-state index contributed by atoms with van der Waals surface area (Å²) in [4.78, 5) is 36.8. The van der Waals surface area contributed by atoms with E-state index in [9.17, 15) is 14.4 Å². The fourth-order valence-corrected chi connectivity index (χ4v) is 10.3. The van der Waals surface area contributed by atoms with E-state index < -0.39 is 24.5 Å². The first-order chi connectivity index (χ1) is 21.0. The fourth-order valence-electron chi connectivity index (χ4n) is 10.3. The van der Waals surface area contributed by atoms with Gasteiger partial charge in [-0.25, -0.2) is 0 Å². The Morgan fingerprint density at radius 3 is 2.45 bits per heavy atom. The maximum atomic E-state index is 12.6. The summed E-state index contributed by atoms with van der Waals surface area (Å²) in [6, 6.07) is 8.86. The summed E-state index contributed by atoms with van der Waals surface area (Å²) >= 11 is 0. The van der Waals surface area contributed by atoms with Crippen LogP contribution < -0.4 is 11.1 Å². The average Bonchev–Trinajstić information content (AvgIpc) is 3.39. The lowest BCUT2D eigenvalue weighted by Crippen LogP contribution is -2.54. The largest absolute Gasteiger partial charge is 0.461 e. The number of nitrogens with one attached hydrogen (secondary N) is 1. The number of carbonyl (C=O) groups is 3. The van der Waals surface area contributed by atoms with Crippen molar-refractivity contribution in [2.24, 2.45) is 52.1 Å². The molecule has 4 aliphatic carbocycles. The number of fused-ring (bicyclic) bond motifs is 5. The summed E-state index contributed by atoms with van der Waals surface area (Å²) in [6.45, 7) is 7.11. The Kier molecular flexibility index (Phi) is 10.4. The molecule has 0 spiro atoms. The fraction of sp³-hybridized carbons (Fsp3) is 0.750. The van der Waals surface area contributed by atoms with Gasteiger partial charge in [-0.15, -0.1) is 0 Å². The SMILES string of the molecule is C[C@@H](CCC(=O)OCc1ccccc1)[C@H]1CC[C@H]2[C@@H]3CC[C@@H]4C[C@H](OC(=O)CNC(=O)[C@@H](N)CO)CC[C@]4(C)[C@H]3CC[C@]12C. The number of rotatable bonds is 11. The molecule has 4 saturated carbocycles. The first-order valence-corrected chi connectivity index (χ1v) is 17.1. The summed E-state index contributed by atoms with van der Waals surface area (Å²) in [7, 11) is 0. The molecule has 8 nitrogen and oxygen atoms in total. The average molecular weight is 611 g/mol. The van der Waals surface area contributed by atoms with Crippen LogP contribution in [0.3, 0.4) is 0 Å². The zero-order chi connectivity index (χ0) is 31.5. The molecule has 0 aromatic heterocycles. The predicted octanol–water partition coefficient (Wildman–Crippen LogP) is 5.15. The van der Waals surface area contributed by atoms with Crippen molar-refractivity contribution < 1.29 is 29.0 Å². The number of hydrogen-bond donors (Lipinski definition) is 3. The first-order valence-electron chi connectivity index (χ1n) is 17.1. The minimum Gasteiger partial charge on any atom is -0.461 e. The van der Waals surface area contributed by atoms with Crippen molar-refractivity contribution in [1.82, 2.24) is 5.32 Å². The lowest BCUT2D eigenvalue weighted by molar-refractivity contribution is -0.162. The number of carbonyl (C=O) groups excluding carboxylic acids is 3. The second-order valence-electron chi connectivity index (χ2n) is 14.9. The van der Waals surface area contributed by atoms with Gasteiger partial charge in [0.15, 0.2) is 0 Å². The second-order valence-corrected chi connectivity index (χ2v) is 14.9. The van der Waals surface area contributed by atoms with Crippen molar-refractivity contribution >= 4 is 17.8 Å². The standard InChI is InChI=1S/C36H54N2O6/c1-23(9-14-32(40)43-22-24-7-5-4-6-8-24)28-12-13-29-27-11-10-25-19-26(44-33(41)20-38-34(42)31(37)21-39)15-17-35(25,2)30(27)16-18-36(28,29)3/h4-8,23,25-31,39H,9-22,37H2,1-3H3,(H,38,42)/t23-,25+,26+,27-,28+,29-,30-,31-,35-,36+/m0/s1. The zero-order valence-electron chi connectivity index (χ0n) is 27.0. The van der Waals surface area contributed by atoms with Crippen molar-refractivity contribution in [3.63, 3.8) is 0 Å². The van der Waals surface area contributed by atoms with E-state index in [2.05, 4.69) is 26.1 Å². The molecular weight excluding hydrogens is 556 g/mol. The van der Waals surface area contributed by atoms with Gasteiger partial charge in [-0.05, 0) is 116 Å². The van der Waals surface area contributed by atoms with Crippen LogP contribution in [-0.4, -0.2) is 48.2 Å². The molecule has 4 N–H and O–H groups in total. The van der Waals surface area contributed by atoms with Gasteiger partial charge in [0, 0.05) is 6.42 Å². The molecule has 0 heterocycles. The van der Waals surface area contributed by atoms with Gasteiger partial charge in [0.05, 0.1) is 6.61 Å². The molecule has 0 unspecified atom stereocenters. The van der Waals surface area contributed by atoms with Gasteiger partial charge in [0.25, 0.3) is 0 Å². The highest BCUT2D eigenvalue weighted by atomic mass is 16.5. The summed E-state index contributed by atoms with van der Waals surface area (Å²) in [6.07, 6.45) is 11.7. The number of aliphatic hydroxyl groups is 1. The first kappa shape index (κ1) is 32.9. The topological polar surface area (TPSA) is 128 Å². The van der Waals surface area contributed by atoms with Gasteiger partial charge >= 0.3 is 11.9 Å². The Bertz CT molecular complexity index is 1160. The molecule has 4 aliphatic rings. The van der Waals surface area contributed by atoms with E-state index in [-0.39, 0.29) is 24.0 Å². The molecule has 1 aromatic carbocycles. The highest BCUT2D eigenvalue weighted by Gasteiger charge is 2.60. The number of hydrogen-bond acceptors (Lipinski definition) is 7. The molecule has 44 heavy (non-hydrogen) atoms. The molecule has 5 rings (SSSR count). The van der Waals surface area contributed by atoms with Gasteiger partial charge in [0.2, 0.25) is 5.91 Å². The molecular formula is C36H54N2O6. The van der Waals surface area contributed by atoms with Crippen molar-refractivity contribution in [2.75, 3.05) is 13.2 Å². The Morgan fingerprint density at radius 1 is 0.977 bits per heavy atom. The minimum absolute atomic E-state index is 0.0905. The number of amides is 1. The lowest BCUT2D eigenvalue weighted by atomic mass is 9.44. The number of esters is 2. The van der Waals surface area contributed by atoms with Crippen LogP contribution in [0.1, 0.15) is 97.0 Å². The Hall–Kier alpha value is -2.45. The third kappa shape index (κ3) is 6.86. The van der Waals surface area contributed by atoms with Crippen molar-refractivity contribution in [3.8, 4) is 0 Å². The van der Waals surface area contributed by atoms with Crippen molar-refractivity contribution in [2.45, 2.75) is 110 Å². The predicted molar refractivity (Wildman–Crippen MR) is 168 cm³/mol. The Balaban J connectivity index is 1.12. The molecule has 244 valence electrons. The smallest absolute Gasteiger partial charge is 0.325 e. The summed E-state index contributed by atoms with van der Waals surface area (Å²) in [5, 5.41) is 11.5. The van der Waals surface area contributed by atoms with E-state index in [0.717, 1.165) is 49.0 Å². The van der Waals surface area contributed by atoms with Gasteiger partial charge in [-0.3, -0.25) is 14.4 Å². The highest BCUT2D eigenvalue weighted by molar-refractivity contribution is 5.85. The monoisotopic (exact) mass is 610 g/mol. The van der Waals surface area contributed by atoms with E-state index in [1.54, 1.807) is 0 Å². The van der Waals surface area contributed by atoms with Crippen molar-refractivity contribution in [1.29, 1.82) is 0 Å². The zero-order valence-corrected chi connectivity index (χ0v) is 27.0. The third-order valence-electron chi connectivity index (χ3n) is 12.7. The number of nitrogens with two attached hydrogens (primary N) is 1. The molecule has 0 radical (unpaired) electrons. The van der Waals surface area contributed by atoms with Gasteiger partial charge < -0.3 is 25.6 Å². The van der Waals surface area contributed by atoms with Gasteiger partial charge in [0.1, 0.15) is 25.3 Å². The van der Waals surface area contributed by atoms with E-state index >= 15 is 0 Å². The molecule has 0 bridgehead atoms. The maximum Gasteiger partial charge on any atom is 0.325 e. The maximum absolute atomic E-state index is 12.6. The molecule has 0 aliphatic heterocycles. The van der Waals surface area contributed by atoms with Crippen LogP contribution in [0, 0.1) is 46.3 Å². The van der Waals surface area contributed by atoms with E-state index in [0.29, 0.717) is 36.2 Å². The van der Waals surface area contributed by atoms with E-state index in [1.807, 2.05) is 30.3 Å². The molecule has 10 atom stereocenters. The summed E-state index contributed by atoms with van der Waals surface area (Å²) in [5.41, 5.74) is 7.16. The van der Waals surface area contributed by atoms with E-state index in [1.165, 1.54) is 38.5 Å². The van der Waals surface area contributed by atoms with E-state index in [4.69, 9.17) is 20.3 Å². The van der Waals surface area contributed by atoms with Gasteiger partial charge in [-0.1, -0.05) is 51.1 Å². The molecule has 8 heteroatoms. The van der Waals surface area contributed by atoms with Crippen molar-refractivity contribution in [3.05, 3.63) is 35.9 Å². The van der Waals surface area contributed by atoms with Crippen LogP contribution >= 0.6 is 0 Å². The Morgan fingerprint density at radius 2 is 1.70 bits per heavy atom. The molecule has 1 amide bonds. The minimum atomic E-state index is -1.03. The molecule has 0 saturated heterocycles. The lowest BCUT2D eigenvalue weighted by Gasteiger charge is -2.61.